The second-order valence-corrected chi connectivity index (χ2v) is 8.18. The molecule has 0 unspecified atom stereocenters. The number of ether oxygens (including phenoxy) is 1. The van der Waals surface area contributed by atoms with Crippen molar-refractivity contribution < 1.29 is 14.3 Å². The average molecular weight is 344 g/mol. The van der Waals surface area contributed by atoms with Crippen LogP contribution >= 0.6 is 0 Å². The minimum absolute atomic E-state index is 0.00472. The van der Waals surface area contributed by atoms with Crippen LogP contribution in [-0.4, -0.2) is 54.4 Å². The Bertz CT molecular complexity index is 655. The first-order valence-corrected chi connectivity index (χ1v) is 9.16. The molecule has 2 amide bonds. The largest absolute Gasteiger partial charge is 0.493 e. The number of nitrogens with zero attached hydrogens (tertiary/aromatic N) is 2. The van der Waals surface area contributed by atoms with Crippen LogP contribution in [0, 0.1) is 5.41 Å². The van der Waals surface area contributed by atoms with Crippen LogP contribution < -0.4 is 4.74 Å². The van der Waals surface area contributed by atoms with Gasteiger partial charge >= 0.3 is 0 Å². The van der Waals surface area contributed by atoms with Gasteiger partial charge in [-0.1, -0.05) is 20.8 Å². The van der Waals surface area contributed by atoms with Crippen molar-refractivity contribution in [2.45, 2.75) is 40.0 Å². The van der Waals surface area contributed by atoms with Crippen molar-refractivity contribution in [3.63, 3.8) is 0 Å². The first-order valence-electron chi connectivity index (χ1n) is 9.16. The molecule has 1 saturated heterocycles. The summed E-state index contributed by atoms with van der Waals surface area (Å²) in [5, 5.41) is 0. The van der Waals surface area contributed by atoms with Crippen LogP contribution in [0.15, 0.2) is 18.2 Å². The van der Waals surface area contributed by atoms with Gasteiger partial charge in [-0.2, -0.15) is 0 Å². The molecule has 2 heterocycles. The fourth-order valence-corrected chi connectivity index (χ4v) is 3.40. The average Bonchev–Trinajstić information content (AvgIpc) is 2.59. The molecular formula is C20H28N2O3. The first kappa shape index (κ1) is 17.8. The summed E-state index contributed by atoms with van der Waals surface area (Å²) in [6, 6.07) is 5.72. The van der Waals surface area contributed by atoms with Gasteiger partial charge in [0, 0.05) is 38.2 Å². The molecule has 3 rings (SSSR count). The van der Waals surface area contributed by atoms with Crippen LogP contribution in [0.4, 0.5) is 0 Å². The minimum Gasteiger partial charge on any atom is -0.493 e. The van der Waals surface area contributed by atoms with E-state index in [0.717, 1.165) is 36.3 Å². The fraction of sp³-hybridized carbons (Fsp3) is 0.600. The van der Waals surface area contributed by atoms with Crippen molar-refractivity contribution in [2.75, 3.05) is 32.8 Å². The molecule has 25 heavy (non-hydrogen) atoms. The van der Waals surface area contributed by atoms with E-state index < -0.39 is 0 Å². The fourth-order valence-electron chi connectivity index (χ4n) is 3.40. The van der Waals surface area contributed by atoms with E-state index in [-0.39, 0.29) is 17.2 Å². The quantitative estimate of drug-likeness (QED) is 0.829. The molecule has 0 bridgehead atoms. The summed E-state index contributed by atoms with van der Waals surface area (Å²) in [4.78, 5) is 28.8. The van der Waals surface area contributed by atoms with Gasteiger partial charge in [0.1, 0.15) is 5.75 Å². The minimum atomic E-state index is -0.00472. The Morgan fingerprint density at radius 1 is 1.08 bits per heavy atom. The van der Waals surface area contributed by atoms with E-state index in [1.54, 1.807) is 0 Å². The third-order valence-corrected chi connectivity index (χ3v) is 4.76. The van der Waals surface area contributed by atoms with Crippen LogP contribution in [0.2, 0.25) is 0 Å². The number of amides is 2. The van der Waals surface area contributed by atoms with Crippen molar-refractivity contribution in [2.24, 2.45) is 5.41 Å². The molecule has 136 valence electrons. The zero-order chi connectivity index (χ0) is 18.0. The maximum absolute atomic E-state index is 12.8. The Labute approximate surface area is 149 Å². The van der Waals surface area contributed by atoms with Gasteiger partial charge in [0.05, 0.1) is 6.61 Å². The molecule has 1 aromatic rings. The Hall–Kier alpha value is -2.04. The number of rotatable bonds is 2. The number of aryl methyl sites for hydroxylation is 1. The van der Waals surface area contributed by atoms with Gasteiger partial charge in [-0.3, -0.25) is 9.59 Å². The standard InChI is InChI=1S/C20H28N2O3/c1-20(2,3)14-18(23)21-8-10-22(11-9-21)19(24)16-6-7-17-15(13-16)5-4-12-25-17/h6-7,13H,4-5,8-12,14H2,1-3H3. The maximum Gasteiger partial charge on any atom is 0.253 e. The molecule has 0 aromatic heterocycles. The number of fused-ring (bicyclic) bond motifs is 1. The molecule has 1 fully saturated rings. The lowest BCUT2D eigenvalue weighted by atomic mass is 9.91. The van der Waals surface area contributed by atoms with E-state index in [2.05, 4.69) is 20.8 Å². The van der Waals surface area contributed by atoms with Crippen molar-refractivity contribution in [1.29, 1.82) is 0 Å². The van der Waals surface area contributed by atoms with E-state index in [0.29, 0.717) is 32.6 Å². The van der Waals surface area contributed by atoms with Crippen LogP contribution in [0.3, 0.4) is 0 Å². The third-order valence-electron chi connectivity index (χ3n) is 4.76. The molecule has 0 aliphatic carbocycles. The third kappa shape index (κ3) is 4.33. The molecule has 2 aliphatic heterocycles. The lowest BCUT2D eigenvalue weighted by molar-refractivity contribution is -0.134. The lowest BCUT2D eigenvalue weighted by Gasteiger charge is -2.36. The number of piperazine rings is 1. The normalized spacial score (nSPS) is 17.7. The topological polar surface area (TPSA) is 49.9 Å². The summed E-state index contributed by atoms with van der Waals surface area (Å²) in [6.07, 6.45) is 2.51. The van der Waals surface area contributed by atoms with E-state index in [1.807, 2.05) is 28.0 Å². The Kier molecular flexibility index (Phi) is 5.02. The van der Waals surface area contributed by atoms with Crippen LogP contribution in [0.25, 0.3) is 0 Å². The van der Waals surface area contributed by atoms with E-state index in [9.17, 15) is 9.59 Å². The number of carbonyl (C=O) groups excluding carboxylic acids is 2. The first-order chi connectivity index (χ1) is 11.8. The molecule has 0 N–H and O–H groups in total. The Morgan fingerprint density at radius 3 is 2.44 bits per heavy atom. The summed E-state index contributed by atoms with van der Waals surface area (Å²) in [7, 11) is 0. The highest BCUT2D eigenvalue weighted by Crippen LogP contribution is 2.26. The second kappa shape index (κ2) is 7.06. The highest BCUT2D eigenvalue weighted by Gasteiger charge is 2.27. The second-order valence-electron chi connectivity index (χ2n) is 8.18. The molecule has 0 spiro atoms. The van der Waals surface area contributed by atoms with Crippen molar-refractivity contribution >= 4 is 11.8 Å². The van der Waals surface area contributed by atoms with Crippen molar-refractivity contribution in [1.82, 2.24) is 9.80 Å². The number of carbonyl (C=O) groups is 2. The van der Waals surface area contributed by atoms with Gasteiger partial charge in [0.15, 0.2) is 0 Å². The predicted molar refractivity (Wildman–Crippen MR) is 96.8 cm³/mol. The highest BCUT2D eigenvalue weighted by atomic mass is 16.5. The zero-order valence-electron chi connectivity index (χ0n) is 15.5. The number of benzene rings is 1. The molecule has 5 nitrogen and oxygen atoms in total. The zero-order valence-corrected chi connectivity index (χ0v) is 15.5. The van der Waals surface area contributed by atoms with Crippen LogP contribution in [-0.2, 0) is 11.2 Å². The van der Waals surface area contributed by atoms with E-state index >= 15 is 0 Å². The molecule has 0 radical (unpaired) electrons. The Balaban J connectivity index is 1.59. The van der Waals surface area contributed by atoms with E-state index in [4.69, 9.17) is 4.74 Å². The van der Waals surface area contributed by atoms with Gasteiger partial charge in [0.25, 0.3) is 5.91 Å². The predicted octanol–water partition coefficient (Wildman–Crippen LogP) is 2.73. The number of hydrogen-bond donors (Lipinski definition) is 0. The molecule has 2 aliphatic rings. The molecule has 0 atom stereocenters. The summed E-state index contributed by atoms with van der Waals surface area (Å²) >= 11 is 0. The van der Waals surface area contributed by atoms with Gasteiger partial charge in [-0.05, 0) is 42.0 Å². The highest BCUT2D eigenvalue weighted by molar-refractivity contribution is 5.95. The van der Waals surface area contributed by atoms with Crippen LogP contribution in [0.1, 0.15) is 49.5 Å². The molecule has 0 saturated carbocycles. The molecular weight excluding hydrogens is 316 g/mol. The molecule has 1 aromatic carbocycles. The van der Waals surface area contributed by atoms with Crippen molar-refractivity contribution in [3.05, 3.63) is 29.3 Å². The smallest absolute Gasteiger partial charge is 0.253 e. The van der Waals surface area contributed by atoms with E-state index in [1.165, 1.54) is 0 Å². The Morgan fingerprint density at radius 2 is 1.76 bits per heavy atom. The summed E-state index contributed by atoms with van der Waals surface area (Å²) in [5.74, 6) is 1.14. The van der Waals surface area contributed by atoms with Crippen molar-refractivity contribution in [3.8, 4) is 5.75 Å². The molecule has 5 heteroatoms. The monoisotopic (exact) mass is 344 g/mol. The SMILES string of the molecule is CC(C)(C)CC(=O)N1CCN(C(=O)c2ccc3c(c2)CCCO3)CC1. The van der Waals surface area contributed by atoms with Crippen LogP contribution in [0.5, 0.6) is 5.75 Å². The summed E-state index contributed by atoms with van der Waals surface area (Å²) < 4.78 is 5.61. The number of hydrogen-bond acceptors (Lipinski definition) is 3. The summed E-state index contributed by atoms with van der Waals surface area (Å²) in [6.45, 7) is 9.41. The van der Waals surface area contributed by atoms with Gasteiger partial charge in [-0.15, -0.1) is 0 Å². The summed E-state index contributed by atoms with van der Waals surface area (Å²) in [5.41, 5.74) is 1.84. The van der Waals surface area contributed by atoms with Gasteiger partial charge in [0.2, 0.25) is 5.91 Å². The van der Waals surface area contributed by atoms with Gasteiger partial charge in [-0.25, -0.2) is 0 Å². The van der Waals surface area contributed by atoms with Gasteiger partial charge < -0.3 is 14.5 Å². The lowest BCUT2D eigenvalue weighted by Crippen LogP contribution is -2.51. The maximum atomic E-state index is 12.8.